The third-order valence-electron chi connectivity index (χ3n) is 8.02. The summed E-state index contributed by atoms with van der Waals surface area (Å²) in [6.45, 7) is 8.33. The molecule has 4 N–H and O–H groups in total. The molecule has 0 spiro atoms. The summed E-state index contributed by atoms with van der Waals surface area (Å²) in [5, 5.41) is 5.78. The second-order valence-electron chi connectivity index (χ2n) is 11.1. The van der Waals surface area contributed by atoms with E-state index in [4.69, 9.17) is 24.7 Å². The normalized spacial score (nSPS) is 23.5. The molecule has 41 heavy (non-hydrogen) atoms. The van der Waals surface area contributed by atoms with Gasteiger partial charge >= 0.3 is 0 Å². The van der Waals surface area contributed by atoms with E-state index < -0.39 is 36.6 Å². The van der Waals surface area contributed by atoms with E-state index in [-0.39, 0.29) is 48.6 Å². The Morgan fingerprint density at radius 3 is 2.20 bits per heavy atom. The lowest BCUT2D eigenvalue weighted by Gasteiger charge is -2.39. The van der Waals surface area contributed by atoms with Crippen molar-refractivity contribution in [2.45, 2.75) is 89.7 Å². The minimum absolute atomic E-state index is 0.0212. The van der Waals surface area contributed by atoms with Gasteiger partial charge in [0.25, 0.3) is 5.91 Å². The molecule has 3 amide bonds. The summed E-state index contributed by atoms with van der Waals surface area (Å²) in [5.74, 6) is -0.734. The fraction of sp³-hybridized carbons (Fsp3) is 0.700. The van der Waals surface area contributed by atoms with E-state index in [0.29, 0.717) is 6.54 Å². The number of hydrogen-bond donors (Lipinski definition) is 3. The number of ether oxygens (including phenoxy) is 4. The predicted molar refractivity (Wildman–Crippen MR) is 156 cm³/mol. The van der Waals surface area contributed by atoms with Gasteiger partial charge in [0.2, 0.25) is 11.8 Å². The summed E-state index contributed by atoms with van der Waals surface area (Å²) < 4.78 is 23.0. The number of benzene rings is 1. The van der Waals surface area contributed by atoms with Crippen molar-refractivity contribution in [3.63, 3.8) is 0 Å². The first-order valence-corrected chi connectivity index (χ1v) is 14.3. The van der Waals surface area contributed by atoms with Crippen LogP contribution in [0, 0.1) is 11.8 Å². The number of likely N-dealkylation sites (N-methyl/N-ethyl adjacent to an activating group) is 1. The molecule has 1 heterocycles. The molecule has 1 aromatic rings. The van der Waals surface area contributed by atoms with E-state index in [1.54, 1.807) is 11.9 Å². The molecular weight excluding hydrogens is 528 g/mol. The lowest BCUT2D eigenvalue weighted by Crippen LogP contribution is -2.55. The van der Waals surface area contributed by atoms with Crippen LogP contribution in [0.1, 0.15) is 46.1 Å². The van der Waals surface area contributed by atoms with Crippen LogP contribution in [-0.2, 0) is 39.9 Å². The Labute approximate surface area is 244 Å². The monoisotopic (exact) mass is 578 g/mol. The first kappa shape index (κ1) is 34.6. The molecule has 1 aliphatic heterocycles. The molecule has 0 bridgehead atoms. The first-order valence-electron chi connectivity index (χ1n) is 14.3. The van der Waals surface area contributed by atoms with E-state index in [2.05, 4.69) is 10.6 Å². The van der Waals surface area contributed by atoms with E-state index >= 15 is 0 Å². The van der Waals surface area contributed by atoms with E-state index in [1.165, 1.54) is 21.3 Å². The van der Waals surface area contributed by atoms with Crippen molar-refractivity contribution in [2.24, 2.45) is 17.6 Å². The molecule has 0 radical (unpaired) electrons. The molecule has 8 atom stereocenters. The number of amides is 3. The van der Waals surface area contributed by atoms with Crippen LogP contribution < -0.4 is 16.4 Å². The van der Waals surface area contributed by atoms with Crippen LogP contribution in [0.3, 0.4) is 0 Å². The highest BCUT2D eigenvalue weighted by atomic mass is 16.6. The van der Waals surface area contributed by atoms with E-state index in [0.717, 1.165) is 12.0 Å². The summed E-state index contributed by atoms with van der Waals surface area (Å²) in [5.41, 5.74) is 7.11. The second kappa shape index (κ2) is 16.8. The zero-order chi connectivity index (χ0) is 30.7. The number of carbonyl (C=O) groups excluding carboxylic acids is 3. The molecule has 1 fully saturated rings. The van der Waals surface area contributed by atoms with Crippen molar-refractivity contribution in [1.82, 2.24) is 15.5 Å². The van der Waals surface area contributed by atoms with Crippen molar-refractivity contribution >= 4 is 17.7 Å². The van der Waals surface area contributed by atoms with Crippen LogP contribution in [-0.4, -0.2) is 100 Å². The smallest absolute Gasteiger partial charge is 0.252 e. The summed E-state index contributed by atoms with van der Waals surface area (Å²) in [6.07, 6.45) is -2.46. The third-order valence-corrected chi connectivity index (χ3v) is 8.02. The van der Waals surface area contributed by atoms with Crippen LogP contribution in [0.5, 0.6) is 0 Å². The summed E-state index contributed by atoms with van der Waals surface area (Å²) in [4.78, 5) is 40.8. The van der Waals surface area contributed by atoms with Crippen molar-refractivity contribution in [2.75, 3.05) is 34.9 Å². The van der Waals surface area contributed by atoms with Crippen molar-refractivity contribution in [1.29, 1.82) is 0 Å². The van der Waals surface area contributed by atoms with Crippen LogP contribution in [0.2, 0.25) is 0 Å². The van der Waals surface area contributed by atoms with Gasteiger partial charge in [-0.1, -0.05) is 64.4 Å². The molecule has 0 aromatic heterocycles. The van der Waals surface area contributed by atoms with Gasteiger partial charge in [-0.3, -0.25) is 14.4 Å². The number of methoxy groups -OCH3 is 3. The Morgan fingerprint density at radius 2 is 1.66 bits per heavy atom. The highest BCUT2D eigenvalue weighted by molar-refractivity contribution is 5.83. The average molecular weight is 579 g/mol. The average Bonchev–Trinajstić information content (AvgIpc) is 3.35. The summed E-state index contributed by atoms with van der Waals surface area (Å²) in [7, 11) is 6.27. The maximum atomic E-state index is 13.1. The number of carbonyl (C=O) groups is 3. The third kappa shape index (κ3) is 9.21. The zero-order valence-corrected chi connectivity index (χ0v) is 25.8. The molecule has 1 saturated heterocycles. The van der Waals surface area contributed by atoms with E-state index in [9.17, 15) is 14.4 Å². The maximum absolute atomic E-state index is 13.1. The van der Waals surface area contributed by atoms with Gasteiger partial charge < -0.3 is 40.2 Å². The number of nitrogens with one attached hydrogen (secondary N) is 2. The number of nitrogens with two attached hydrogens (primary N) is 1. The van der Waals surface area contributed by atoms with Gasteiger partial charge in [0.05, 0.1) is 24.6 Å². The minimum atomic E-state index is -0.901. The van der Waals surface area contributed by atoms with Crippen LogP contribution in [0.4, 0.5) is 0 Å². The first-order chi connectivity index (χ1) is 19.5. The fourth-order valence-corrected chi connectivity index (χ4v) is 5.25. The minimum Gasteiger partial charge on any atom is -0.379 e. The topological polar surface area (TPSA) is 141 Å². The van der Waals surface area contributed by atoms with Crippen LogP contribution in [0.25, 0.3) is 0 Å². The van der Waals surface area contributed by atoms with Crippen LogP contribution >= 0.6 is 0 Å². The molecule has 3 unspecified atom stereocenters. The highest BCUT2D eigenvalue weighted by Crippen LogP contribution is 2.27. The molecule has 1 aliphatic rings. The van der Waals surface area contributed by atoms with Gasteiger partial charge in [-0.05, 0) is 17.4 Å². The van der Waals surface area contributed by atoms with Gasteiger partial charge in [-0.2, -0.15) is 0 Å². The molecule has 11 nitrogen and oxygen atoms in total. The lowest BCUT2D eigenvalue weighted by atomic mass is 9.90. The molecule has 0 saturated carbocycles. The molecule has 1 aromatic carbocycles. The number of rotatable bonds is 16. The summed E-state index contributed by atoms with van der Waals surface area (Å²) in [6, 6.07) is 8.57. The van der Waals surface area contributed by atoms with Crippen molar-refractivity contribution in [3.8, 4) is 0 Å². The molecular formula is C30H50N4O7. The molecule has 11 heteroatoms. The number of hydrogen-bond acceptors (Lipinski definition) is 8. The lowest BCUT2D eigenvalue weighted by molar-refractivity contribution is -0.141. The quantitative estimate of drug-likeness (QED) is 0.268. The Bertz CT molecular complexity index is 963. The van der Waals surface area contributed by atoms with Crippen molar-refractivity contribution < 1.29 is 33.3 Å². The van der Waals surface area contributed by atoms with Gasteiger partial charge in [0.1, 0.15) is 18.3 Å². The maximum Gasteiger partial charge on any atom is 0.252 e. The van der Waals surface area contributed by atoms with Gasteiger partial charge in [-0.15, -0.1) is 0 Å². The zero-order valence-electron chi connectivity index (χ0n) is 25.8. The molecule has 2 rings (SSSR count). The standard InChI is InChI=1S/C30H50N4O7/c1-9-19(4)25(34(5)30(37)24(31)18(2)3)21(38-6)15-23(35)32-17-22-26(39-7)27(40-8)28(41-22)29(36)33-16-20-13-11-10-12-14-20/h10-14,18-19,21-22,24-28H,9,15-17,31H2,1-8H3,(H,32,35)(H,33,36)/t19-,21+,22?,24-,25?,26+,27-,28?/m0/s1. The SMILES string of the molecule is CC[C@H](C)C([C@@H](CC(=O)NCC1OC(C(=O)NCc2ccccc2)[C@@H](OC)[C@@H]1OC)OC)N(C)C(=O)[C@@H](N)C(C)C. The van der Waals surface area contributed by atoms with Gasteiger partial charge in [0.15, 0.2) is 6.10 Å². The Hall–Kier alpha value is -2.57. The Morgan fingerprint density at radius 1 is 1.02 bits per heavy atom. The largest absolute Gasteiger partial charge is 0.379 e. The predicted octanol–water partition coefficient (Wildman–Crippen LogP) is 1.48. The van der Waals surface area contributed by atoms with Crippen molar-refractivity contribution in [3.05, 3.63) is 35.9 Å². The van der Waals surface area contributed by atoms with Gasteiger partial charge in [0, 0.05) is 41.5 Å². The Balaban J connectivity index is 2.05. The molecule has 232 valence electrons. The van der Waals surface area contributed by atoms with Crippen LogP contribution in [0.15, 0.2) is 30.3 Å². The second-order valence-corrected chi connectivity index (χ2v) is 11.1. The summed E-state index contributed by atoms with van der Waals surface area (Å²) >= 11 is 0. The van der Waals surface area contributed by atoms with E-state index in [1.807, 2.05) is 58.0 Å². The van der Waals surface area contributed by atoms with Gasteiger partial charge in [-0.25, -0.2) is 0 Å². The Kier molecular flexibility index (Phi) is 14.2. The highest BCUT2D eigenvalue weighted by Gasteiger charge is 2.48. The molecule has 0 aliphatic carbocycles. The number of nitrogens with zero attached hydrogens (tertiary/aromatic N) is 1. The fourth-order valence-electron chi connectivity index (χ4n) is 5.25.